The van der Waals surface area contributed by atoms with Gasteiger partial charge >= 0.3 is 0 Å². The lowest BCUT2D eigenvalue weighted by molar-refractivity contribution is 0.476. The zero-order valence-corrected chi connectivity index (χ0v) is 16.6. The van der Waals surface area contributed by atoms with Gasteiger partial charge < -0.3 is 15.7 Å². The van der Waals surface area contributed by atoms with Crippen molar-refractivity contribution in [3.63, 3.8) is 0 Å². The molecule has 0 bridgehead atoms. The van der Waals surface area contributed by atoms with E-state index in [1.165, 1.54) is 0 Å². The molecular formula is C19H19Cl2N5O. The average Bonchev–Trinajstić information content (AvgIpc) is 2.58. The molecule has 140 valence electrons. The first-order valence-corrected chi connectivity index (χ1v) is 8.99. The van der Waals surface area contributed by atoms with Gasteiger partial charge in [-0.3, -0.25) is 4.98 Å². The highest BCUT2D eigenvalue weighted by atomic mass is 35.5. The summed E-state index contributed by atoms with van der Waals surface area (Å²) in [5.74, 6) is 0.885. The second kappa shape index (κ2) is 7.58. The van der Waals surface area contributed by atoms with Crippen LogP contribution < -0.4 is 10.6 Å². The van der Waals surface area contributed by atoms with Crippen molar-refractivity contribution in [3.8, 4) is 17.0 Å². The van der Waals surface area contributed by atoms with Gasteiger partial charge in [0.05, 0.1) is 15.7 Å². The molecule has 8 heteroatoms. The number of hydrogen-bond donors (Lipinski definition) is 3. The number of nitrogens with one attached hydrogen (secondary N) is 2. The second-order valence-electron chi connectivity index (χ2n) is 6.99. The largest absolute Gasteiger partial charge is 0.505 e. The molecule has 27 heavy (non-hydrogen) atoms. The van der Waals surface area contributed by atoms with Gasteiger partial charge in [0.1, 0.15) is 5.82 Å². The van der Waals surface area contributed by atoms with Crippen molar-refractivity contribution in [2.75, 3.05) is 10.6 Å². The number of nitrogens with zero attached hydrogens (tertiary/aromatic N) is 3. The number of phenolic OH excluding ortho intramolecular Hbond substituents is 1. The third-order valence-electron chi connectivity index (χ3n) is 3.48. The first-order chi connectivity index (χ1) is 12.7. The van der Waals surface area contributed by atoms with E-state index in [0.29, 0.717) is 17.5 Å². The molecular weight excluding hydrogens is 385 g/mol. The van der Waals surface area contributed by atoms with E-state index in [0.717, 1.165) is 11.3 Å². The SMILES string of the molecule is CC(C)(C)Nc1nc(Nc2cc(Cl)c(O)c(Cl)c2)cc(-c2ccncc2)n1. The minimum absolute atomic E-state index is 0.154. The van der Waals surface area contributed by atoms with E-state index in [4.69, 9.17) is 23.2 Å². The summed E-state index contributed by atoms with van der Waals surface area (Å²) in [7, 11) is 0. The van der Waals surface area contributed by atoms with Crippen LogP contribution in [0.1, 0.15) is 20.8 Å². The molecule has 0 saturated carbocycles. The normalized spacial score (nSPS) is 11.3. The summed E-state index contributed by atoms with van der Waals surface area (Å²) in [6.07, 6.45) is 3.42. The van der Waals surface area contributed by atoms with E-state index in [1.54, 1.807) is 24.5 Å². The van der Waals surface area contributed by atoms with Crippen LogP contribution in [0.2, 0.25) is 10.0 Å². The Hall–Kier alpha value is -2.57. The third-order valence-corrected chi connectivity index (χ3v) is 4.05. The molecule has 3 rings (SSSR count). The van der Waals surface area contributed by atoms with Crippen LogP contribution in [0.5, 0.6) is 5.75 Å². The molecule has 0 aliphatic heterocycles. The number of anilines is 3. The fourth-order valence-corrected chi connectivity index (χ4v) is 2.85. The lowest BCUT2D eigenvalue weighted by Gasteiger charge is -2.21. The summed E-state index contributed by atoms with van der Waals surface area (Å²) in [5.41, 5.74) is 2.04. The highest BCUT2D eigenvalue weighted by Crippen LogP contribution is 2.35. The standard InChI is InChI=1S/C19H19Cl2N5O/c1-19(2,3)26-18-24-15(11-4-6-22-7-5-11)10-16(25-18)23-12-8-13(20)17(27)14(21)9-12/h4-10,27H,1-3H3,(H2,23,24,25,26). The van der Waals surface area contributed by atoms with Gasteiger partial charge in [-0.05, 0) is 45.0 Å². The predicted molar refractivity (Wildman–Crippen MR) is 110 cm³/mol. The Morgan fingerprint density at radius 1 is 0.963 bits per heavy atom. The van der Waals surface area contributed by atoms with Crippen LogP contribution >= 0.6 is 23.2 Å². The fraction of sp³-hybridized carbons (Fsp3) is 0.211. The molecule has 0 fully saturated rings. The number of rotatable bonds is 4. The van der Waals surface area contributed by atoms with Crippen molar-refractivity contribution in [3.05, 3.63) is 52.8 Å². The molecule has 3 N–H and O–H groups in total. The maximum absolute atomic E-state index is 9.73. The van der Waals surface area contributed by atoms with Crippen LogP contribution in [-0.4, -0.2) is 25.6 Å². The van der Waals surface area contributed by atoms with Crippen molar-refractivity contribution >= 4 is 40.7 Å². The summed E-state index contributed by atoms with van der Waals surface area (Å²) in [6, 6.07) is 8.72. The van der Waals surface area contributed by atoms with Crippen LogP contribution in [0.15, 0.2) is 42.7 Å². The molecule has 1 aromatic carbocycles. The third kappa shape index (κ3) is 4.99. The number of hydrogen-bond acceptors (Lipinski definition) is 6. The summed E-state index contributed by atoms with van der Waals surface area (Å²) in [4.78, 5) is 13.2. The maximum Gasteiger partial charge on any atom is 0.225 e. The number of pyridine rings is 1. The van der Waals surface area contributed by atoms with Gasteiger partial charge in [0.25, 0.3) is 0 Å². The fourth-order valence-electron chi connectivity index (χ4n) is 2.36. The maximum atomic E-state index is 9.73. The highest BCUT2D eigenvalue weighted by Gasteiger charge is 2.15. The van der Waals surface area contributed by atoms with Crippen molar-refractivity contribution in [1.82, 2.24) is 15.0 Å². The number of aromatic hydroxyl groups is 1. The number of halogens is 2. The first kappa shape index (κ1) is 19.2. The Morgan fingerprint density at radius 3 is 2.19 bits per heavy atom. The smallest absolute Gasteiger partial charge is 0.225 e. The van der Waals surface area contributed by atoms with Gasteiger partial charge in [0, 0.05) is 35.2 Å². The van der Waals surface area contributed by atoms with Crippen molar-refractivity contribution in [2.24, 2.45) is 0 Å². The van der Waals surface area contributed by atoms with Gasteiger partial charge in [-0.25, -0.2) is 4.98 Å². The molecule has 0 atom stereocenters. The monoisotopic (exact) mass is 403 g/mol. The molecule has 3 aromatic rings. The van der Waals surface area contributed by atoms with Gasteiger partial charge in [0.2, 0.25) is 5.95 Å². The van der Waals surface area contributed by atoms with Crippen LogP contribution in [0.4, 0.5) is 17.5 Å². The van der Waals surface area contributed by atoms with Crippen molar-refractivity contribution in [2.45, 2.75) is 26.3 Å². The van der Waals surface area contributed by atoms with Gasteiger partial charge in [-0.2, -0.15) is 4.98 Å². The molecule has 0 amide bonds. The molecule has 2 aromatic heterocycles. The van der Waals surface area contributed by atoms with Gasteiger partial charge in [0.15, 0.2) is 5.75 Å². The number of aromatic nitrogens is 3. The Kier molecular flexibility index (Phi) is 5.39. The van der Waals surface area contributed by atoms with E-state index >= 15 is 0 Å². The molecule has 0 unspecified atom stereocenters. The lowest BCUT2D eigenvalue weighted by Crippen LogP contribution is -2.27. The lowest BCUT2D eigenvalue weighted by atomic mass is 10.1. The molecule has 2 heterocycles. The first-order valence-electron chi connectivity index (χ1n) is 8.24. The van der Waals surface area contributed by atoms with Gasteiger partial charge in [-0.15, -0.1) is 0 Å². The Morgan fingerprint density at radius 2 is 1.59 bits per heavy atom. The summed E-state index contributed by atoms with van der Waals surface area (Å²) >= 11 is 12.0. The number of benzene rings is 1. The van der Waals surface area contributed by atoms with Crippen LogP contribution in [0, 0.1) is 0 Å². The average molecular weight is 404 g/mol. The molecule has 0 radical (unpaired) electrons. The van der Waals surface area contributed by atoms with Crippen LogP contribution in [-0.2, 0) is 0 Å². The van der Waals surface area contributed by atoms with E-state index in [9.17, 15) is 5.11 Å². The summed E-state index contributed by atoms with van der Waals surface area (Å²) in [5, 5.41) is 16.5. The molecule has 0 aliphatic carbocycles. The topological polar surface area (TPSA) is 83.0 Å². The Labute approximate surface area is 167 Å². The van der Waals surface area contributed by atoms with Gasteiger partial charge in [-0.1, -0.05) is 23.2 Å². The minimum atomic E-state index is -0.209. The predicted octanol–water partition coefficient (Wildman–Crippen LogP) is 5.51. The van der Waals surface area contributed by atoms with E-state index in [1.807, 2.05) is 39.0 Å². The second-order valence-corrected chi connectivity index (χ2v) is 7.80. The molecule has 0 saturated heterocycles. The van der Waals surface area contributed by atoms with Crippen LogP contribution in [0.3, 0.4) is 0 Å². The minimum Gasteiger partial charge on any atom is -0.505 e. The quantitative estimate of drug-likeness (QED) is 0.498. The highest BCUT2D eigenvalue weighted by molar-refractivity contribution is 6.37. The summed E-state index contributed by atoms with van der Waals surface area (Å²) < 4.78 is 0. The van der Waals surface area contributed by atoms with Crippen LogP contribution in [0.25, 0.3) is 11.3 Å². The zero-order chi connectivity index (χ0) is 19.6. The summed E-state index contributed by atoms with van der Waals surface area (Å²) in [6.45, 7) is 6.09. The van der Waals surface area contributed by atoms with E-state index in [-0.39, 0.29) is 21.3 Å². The Bertz CT molecular complexity index is 935. The van der Waals surface area contributed by atoms with E-state index in [2.05, 4.69) is 25.6 Å². The molecule has 6 nitrogen and oxygen atoms in total. The van der Waals surface area contributed by atoms with Crippen molar-refractivity contribution in [1.29, 1.82) is 0 Å². The Balaban J connectivity index is 2.02. The van der Waals surface area contributed by atoms with E-state index < -0.39 is 0 Å². The molecule has 0 aliphatic rings. The van der Waals surface area contributed by atoms with Crippen molar-refractivity contribution < 1.29 is 5.11 Å². The molecule has 0 spiro atoms. The zero-order valence-electron chi connectivity index (χ0n) is 15.1. The number of phenols is 1.